The standard InChI is InChI=1S/C33H28N4O5S/c1-33(31(39)36-32(40)43-33)19-21-8-12-24(13-9-21)41-20-29-35-27-17-16-26(18-28(27)37(29)2)42-25-14-10-23(11-15-25)34-30(38)22-6-4-3-5-7-22/h3-18H,19-20H2,1-2H3,(H,34,38)(H,36,39,40)/t33-/m0/s1. The number of hydrogen-bond donors (Lipinski definition) is 2. The fraction of sp³-hybridized carbons (Fsp3) is 0.152. The van der Waals surface area contributed by atoms with Crippen molar-refractivity contribution in [3.63, 3.8) is 0 Å². The van der Waals surface area contributed by atoms with E-state index >= 15 is 0 Å². The van der Waals surface area contributed by atoms with Crippen LogP contribution in [0.3, 0.4) is 0 Å². The number of carbonyl (C=O) groups is 3. The van der Waals surface area contributed by atoms with Crippen molar-refractivity contribution < 1.29 is 23.9 Å². The van der Waals surface area contributed by atoms with E-state index in [-0.39, 0.29) is 23.7 Å². The Morgan fingerprint density at radius 3 is 2.33 bits per heavy atom. The quantitative estimate of drug-likeness (QED) is 0.201. The Balaban J connectivity index is 1.07. The number of imidazole rings is 1. The van der Waals surface area contributed by atoms with Crippen LogP contribution in [0.2, 0.25) is 0 Å². The zero-order valence-electron chi connectivity index (χ0n) is 23.5. The number of benzene rings is 4. The summed E-state index contributed by atoms with van der Waals surface area (Å²) in [5.41, 5.74) is 3.92. The number of ether oxygens (including phenoxy) is 2. The number of aryl methyl sites for hydroxylation is 1. The summed E-state index contributed by atoms with van der Waals surface area (Å²) < 4.78 is 13.2. The summed E-state index contributed by atoms with van der Waals surface area (Å²) in [4.78, 5) is 40.8. The number of fused-ring (bicyclic) bond motifs is 1. The highest BCUT2D eigenvalue weighted by molar-refractivity contribution is 8.16. The van der Waals surface area contributed by atoms with Gasteiger partial charge in [0, 0.05) is 24.4 Å². The minimum atomic E-state index is -0.807. The third-order valence-electron chi connectivity index (χ3n) is 7.18. The lowest BCUT2D eigenvalue weighted by atomic mass is 9.99. The molecule has 1 aliphatic rings. The number of rotatable bonds is 9. The van der Waals surface area contributed by atoms with E-state index in [2.05, 4.69) is 10.6 Å². The van der Waals surface area contributed by atoms with Crippen molar-refractivity contribution in [2.24, 2.45) is 7.05 Å². The SMILES string of the molecule is Cn1c(COc2ccc(C[C@]3(C)SC(=O)NC3=O)cc2)nc2ccc(Oc3ccc(NC(=O)c4ccccc4)cc3)cc21. The molecule has 0 bridgehead atoms. The Kier molecular flexibility index (Phi) is 7.60. The highest BCUT2D eigenvalue weighted by Crippen LogP contribution is 2.35. The van der Waals surface area contributed by atoms with Gasteiger partial charge in [0.2, 0.25) is 5.91 Å². The maximum Gasteiger partial charge on any atom is 0.286 e. The smallest absolute Gasteiger partial charge is 0.286 e. The van der Waals surface area contributed by atoms with E-state index in [9.17, 15) is 14.4 Å². The Bertz CT molecular complexity index is 1820. The molecular formula is C33H28N4O5S. The van der Waals surface area contributed by atoms with Gasteiger partial charge >= 0.3 is 0 Å². The third kappa shape index (κ3) is 6.24. The van der Waals surface area contributed by atoms with Crippen molar-refractivity contribution >= 4 is 45.5 Å². The summed E-state index contributed by atoms with van der Waals surface area (Å²) in [5, 5.41) is 4.93. The van der Waals surface area contributed by atoms with E-state index in [1.165, 1.54) is 0 Å². The maximum absolute atomic E-state index is 12.4. The second-order valence-corrected chi connectivity index (χ2v) is 11.8. The van der Waals surface area contributed by atoms with E-state index < -0.39 is 4.75 Å². The molecule has 1 saturated heterocycles. The Hall–Kier alpha value is -5.09. The van der Waals surface area contributed by atoms with Crippen LogP contribution in [0.5, 0.6) is 17.2 Å². The lowest BCUT2D eigenvalue weighted by Crippen LogP contribution is -2.35. The fourth-order valence-corrected chi connectivity index (χ4v) is 5.74. The highest BCUT2D eigenvalue weighted by atomic mass is 32.2. The van der Waals surface area contributed by atoms with Gasteiger partial charge in [-0.15, -0.1) is 0 Å². The van der Waals surface area contributed by atoms with Crippen molar-refractivity contribution in [1.29, 1.82) is 0 Å². The number of nitrogens with one attached hydrogen (secondary N) is 2. The van der Waals surface area contributed by atoms with Crippen molar-refractivity contribution in [3.05, 3.63) is 114 Å². The van der Waals surface area contributed by atoms with Gasteiger partial charge < -0.3 is 19.4 Å². The molecule has 5 aromatic rings. The van der Waals surface area contributed by atoms with E-state index in [4.69, 9.17) is 14.5 Å². The molecule has 43 heavy (non-hydrogen) atoms. The molecule has 0 saturated carbocycles. The average molecular weight is 593 g/mol. The number of hydrogen-bond acceptors (Lipinski definition) is 7. The largest absolute Gasteiger partial charge is 0.486 e. The first-order chi connectivity index (χ1) is 20.8. The monoisotopic (exact) mass is 592 g/mol. The molecule has 0 aliphatic carbocycles. The molecule has 9 nitrogen and oxygen atoms in total. The van der Waals surface area contributed by atoms with Gasteiger partial charge in [0.1, 0.15) is 34.4 Å². The van der Waals surface area contributed by atoms with Crippen LogP contribution in [0.15, 0.2) is 97.1 Å². The predicted octanol–water partition coefficient (Wildman–Crippen LogP) is 6.48. The van der Waals surface area contributed by atoms with Gasteiger partial charge in [0.25, 0.3) is 11.1 Å². The highest BCUT2D eigenvalue weighted by Gasteiger charge is 2.43. The number of aromatic nitrogens is 2. The normalized spacial score (nSPS) is 16.2. The first kappa shape index (κ1) is 28.0. The molecule has 216 valence electrons. The molecule has 1 aliphatic heterocycles. The number of carbonyl (C=O) groups excluding carboxylic acids is 3. The minimum Gasteiger partial charge on any atom is -0.486 e. The van der Waals surface area contributed by atoms with Crippen LogP contribution in [-0.2, 0) is 24.9 Å². The summed E-state index contributed by atoms with van der Waals surface area (Å²) in [6.07, 6.45) is 0.444. The molecule has 1 fully saturated rings. The van der Waals surface area contributed by atoms with Gasteiger partial charge in [-0.2, -0.15) is 0 Å². The van der Waals surface area contributed by atoms with Crippen LogP contribution in [0.25, 0.3) is 11.0 Å². The van der Waals surface area contributed by atoms with Gasteiger partial charge in [0.05, 0.1) is 11.0 Å². The number of thioether (sulfide) groups is 1. The molecule has 6 rings (SSSR count). The fourth-order valence-electron chi connectivity index (χ4n) is 4.81. The molecule has 3 amide bonds. The second kappa shape index (κ2) is 11.7. The molecule has 2 N–H and O–H groups in total. The van der Waals surface area contributed by atoms with Crippen LogP contribution >= 0.6 is 11.8 Å². The molecule has 2 heterocycles. The topological polar surface area (TPSA) is 112 Å². The van der Waals surface area contributed by atoms with E-state index in [1.54, 1.807) is 43.3 Å². The molecule has 0 unspecified atom stereocenters. The van der Waals surface area contributed by atoms with Gasteiger partial charge in [-0.05, 0) is 91.3 Å². The zero-order valence-corrected chi connectivity index (χ0v) is 24.3. The lowest BCUT2D eigenvalue weighted by molar-refractivity contribution is -0.121. The van der Waals surface area contributed by atoms with Crippen molar-refractivity contribution in [3.8, 4) is 17.2 Å². The second-order valence-electron chi connectivity index (χ2n) is 10.4. The van der Waals surface area contributed by atoms with Crippen LogP contribution in [0, 0.1) is 0 Å². The Labute approximate surface area is 252 Å². The summed E-state index contributed by atoms with van der Waals surface area (Å²) in [7, 11) is 1.93. The summed E-state index contributed by atoms with van der Waals surface area (Å²) in [5.74, 6) is 2.28. The van der Waals surface area contributed by atoms with Crippen molar-refractivity contribution in [2.75, 3.05) is 5.32 Å². The summed E-state index contributed by atoms with van der Waals surface area (Å²) >= 11 is 1.02. The first-order valence-corrected chi connectivity index (χ1v) is 14.4. The molecular weight excluding hydrogens is 564 g/mol. The predicted molar refractivity (Wildman–Crippen MR) is 166 cm³/mol. The van der Waals surface area contributed by atoms with E-state index in [0.717, 1.165) is 34.2 Å². The Morgan fingerprint density at radius 2 is 1.63 bits per heavy atom. The molecule has 0 spiro atoms. The summed E-state index contributed by atoms with van der Waals surface area (Å²) in [6.45, 7) is 2.04. The van der Waals surface area contributed by atoms with Crippen LogP contribution in [0.4, 0.5) is 10.5 Å². The third-order valence-corrected chi connectivity index (χ3v) is 8.24. The minimum absolute atomic E-state index is 0.171. The lowest BCUT2D eigenvalue weighted by Gasteiger charge is -2.18. The summed E-state index contributed by atoms with van der Waals surface area (Å²) in [6, 6.07) is 29.5. The first-order valence-electron chi connectivity index (χ1n) is 13.6. The average Bonchev–Trinajstić information content (AvgIpc) is 3.46. The van der Waals surface area contributed by atoms with Crippen LogP contribution in [0.1, 0.15) is 28.7 Å². The van der Waals surface area contributed by atoms with Gasteiger partial charge in [-0.1, -0.05) is 30.3 Å². The van der Waals surface area contributed by atoms with Crippen molar-refractivity contribution in [2.45, 2.75) is 24.7 Å². The molecule has 4 aromatic carbocycles. The number of amides is 3. The van der Waals surface area contributed by atoms with Crippen molar-refractivity contribution in [1.82, 2.24) is 14.9 Å². The van der Waals surface area contributed by atoms with Gasteiger partial charge in [-0.3, -0.25) is 19.7 Å². The van der Waals surface area contributed by atoms with E-state index in [1.807, 2.05) is 72.3 Å². The van der Waals surface area contributed by atoms with Crippen LogP contribution in [-0.4, -0.2) is 31.4 Å². The zero-order chi connectivity index (χ0) is 30.0. The Morgan fingerprint density at radius 1 is 0.930 bits per heavy atom. The van der Waals surface area contributed by atoms with Gasteiger partial charge in [0.15, 0.2) is 0 Å². The van der Waals surface area contributed by atoms with E-state index in [0.29, 0.717) is 34.9 Å². The number of imide groups is 1. The number of anilines is 1. The molecule has 0 radical (unpaired) electrons. The molecule has 10 heteroatoms. The number of nitrogens with zero attached hydrogens (tertiary/aromatic N) is 2. The molecule has 1 aromatic heterocycles. The van der Waals surface area contributed by atoms with Gasteiger partial charge in [-0.25, -0.2) is 4.98 Å². The molecule has 1 atom stereocenters. The van der Waals surface area contributed by atoms with Crippen LogP contribution < -0.4 is 20.1 Å². The maximum atomic E-state index is 12.4.